The van der Waals surface area contributed by atoms with Crippen LogP contribution in [0.1, 0.15) is 52.6 Å². The molecule has 8 nitrogen and oxygen atoms in total. The molecule has 0 spiro atoms. The lowest BCUT2D eigenvalue weighted by Crippen LogP contribution is -2.21. The number of carbonyl (C=O) groups excluding carboxylic acids is 4. The van der Waals surface area contributed by atoms with Crippen LogP contribution in [0.2, 0.25) is 0 Å². The molecule has 0 bridgehead atoms. The van der Waals surface area contributed by atoms with E-state index in [-0.39, 0.29) is 11.3 Å². The van der Waals surface area contributed by atoms with E-state index in [2.05, 4.69) is 0 Å². The fourth-order valence-corrected chi connectivity index (χ4v) is 3.86. The summed E-state index contributed by atoms with van der Waals surface area (Å²) in [6.45, 7) is 0. The Bertz CT molecular complexity index is 1900. The van der Waals surface area contributed by atoms with Gasteiger partial charge in [-0.1, -0.05) is 12.1 Å². The average molecular weight is 725 g/mol. The molecule has 0 saturated heterocycles. The minimum absolute atomic E-state index is 0.176. The van der Waals surface area contributed by atoms with Crippen molar-refractivity contribution in [3.63, 3.8) is 0 Å². The van der Waals surface area contributed by atoms with E-state index in [4.69, 9.17) is 28.8 Å². The fraction of sp³-hybridized carbons (Fsp3) is 0.0667. The maximum absolute atomic E-state index is 13.7. The van der Waals surface area contributed by atoms with Crippen molar-refractivity contribution in [2.45, 2.75) is 12.4 Å². The Balaban J connectivity index is 0.000000282. The molecule has 0 fully saturated rings. The lowest BCUT2D eigenvalue weighted by atomic mass is 10.1. The number of primary amides is 2. The maximum atomic E-state index is 13.7. The molecular formula is C30H19ClF10N4O4. The topological polar surface area (TPSA) is 158 Å². The van der Waals surface area contributed by atoms with Crippen molar-refractivity contribution in [3.05, 3.63) is 129 Å². The van der Waals surface area contributed by atoms with Crippen molar-refractivity contribution in [2.75, 3.05) is 11.1 Å². The van der Waals surface area contributed by atoms with Gasteiger partial charge in [-0.05, 0) is 72.3 Å². The number of rotatable bonds is 5. The minimum atomic E-state index is -4.95. The van der Waals surface area contributed by atoms with E-state index in [9.17, 15) is 63.1 Å². The molecule has 19 heteroatoms. The first-order valence-corrected chi connectivity index (χ1v) is 13.1. The zero-order chi connectivity index (χ0) is 37.4. The number of nitrogens with one attached hydrogen (secondary N) is 1. The van der Waals surface area contributed by atoms with Gasteiger partial charge in [0, 0.05) is 11.4 Å². The molecule has 0 radical (unpaired) electrons. The summed E-state index contributed by atoms with van der Waals surface area (Å²) < 4.78 is 128. The van der Waals surface area contributed by atoms with Gasteiger partial charge in [-0.15, -0.1) is 0 Å². The number of alkyl halides is 6. The quantitative estimate of drug-likeness (QED) is 0.0984. The number of halogens is 11. The fourth-order valence-electron chi connectivity index (χ4n) is 3.67. The lowest BCUT2D eigenvalue weighted by molar-refractivity contribution is -0.138. The summed E-state index contributed by atoms with van der Waals surface area (Å²) >= 11 is 4.84. The smallest absolute Gasteiger partial charge is 0.399 e. The molecule has 4 aromatic rings. The Morgan fingerprint density at radius 3 is 1.43 bits per heavy atom. The van der Waals surface area contributed by atoms with Crippen LogP contribution < -0.4 is 22.5 Å². The zero-order valence-electron chi connectivity index (χ0n) is 24.0. The van der Waals surface area contributed by atoms with Crippen LogP contribution in [-0.4, -0.2) is 23.0 Å². The molecule has 3 amide bonds. The van der Waals surface area contributed by atoms with Crippen molar-refractivity contribution < 1.29 is 63.1 Å². The van der Waals surface area contributed by atoms with E-state index in [1.165, 1.54) is 12.1 Å². The normalized spacial score (nSPS) is 10.9. The Morgan fingerprint density at radius 1 is 0.592 bits per heavy atom. The third kappa shape index (κ3) is 10.7. The van der Waals surface area contributed by atoms with Gasteiger partial charge in [-0.3, -0.25) is 19.2 Å². The van der Waals surface area contributed by atoms with Gasteiger partial charge in [-0.2, -0.15) is 26.3 Å². The first kappa shape index (κ1) is 39.5. The van der Waals surface area contributed by atoms with Gasteiger partial charge in [0.1, 0.15) is 23.3 Å². The van der Waals surface area contributed by atoms with Gasteiger partial charge in [0.15, 0.2) is 0 Å². The monoisotopic (exact) mass is 724 g/mol. The summed E-state index contributed by atoms with van der Waals surface area (Å²) in [7, 11) is 0. The van der Waals surface area contributed by atoms with Crippen LogP contribution in [-0.2, 0) is 12.4 Å². The summed E-state index contributed by atoms with van der Waals surface area (Å²) in [5.41, 5.74) is 9.25. The van der Waals surface area contributed by atoms with E-state index >= 15 is 0 Å². The largest absolute Gasteiger partial charge is 0.417 e. The molecule has 0 saturated carbocycles. The number of amides is 3. The van der Waals surface area contributed by atoms with E-state index in [0.29, 0.717) is 23.9 Å². The van der Waals surface area contributed by atoms with Gasteiger partial charge in [0.25, 0.3) is 23.0 Å². The highest BCUT2D eigenvalue weighted by Crippen LogP contribution is 2.34. The van der Waals surface area contributed by atoms with Gasteiger partial charge >= 0.3 is 12.4 Å². The Labute approximate surface area is 273 Å². The molecule has 7 N–H and O–H groups in total. The van der Waals surface area contributed by atoms with Crippen LogP contribution in [0.25, 0.3) is 0 Å². The maximum Gasteiger partial charge on any atom is 0.417 e. The number of hydrogen-bond donors (Lipinski definition) is 4. The highest BCUT2D eigenvalue weighted by atomic mass is 35.5. The lowest BCUT2D eigenvalue weighted by Gasteiger charge is -2.14. The molecule has 49 heavy (non-hydrogen) atoms. The second kappa shape index (κ2) is 16.0. The third-order valence-electron chi connectivity index (χ3n) is 5.81. The van der Waals surface area contributed by atoms with E-state index in [1.54, 1.807) is 0 Å². The molecule has 0 heterocycles. The first-order valence-electron chi connectivity index (χ1n) is 12.7. The second-order valence-electron chi connectivity index (χ2n) is 9.21. The highest BCUT2D eigenvalue weighted by molar-refractivity contribution is 6.68. The first-order chi connectivity index (χ1) is 22.6. The Kier molecular flexibility index (Phi) is 12.9. The van der Waals surface area contributed by atoms with Crippen LogP contribution in [0.15, 0.2) is 72.8 Å². The van der Waals surface area contributed by atoms with E-state index < -0.39 is 86.4 Å². The molecule has 0 aliphatic rings. The van der Waals surface area contributed by atoms with Crippen LogP contribution in [0.3, 0.4) is 0 Å². The number of nitrogens with two attached hydrogens (primary N) is 3. The van der Waals surface area contributed by atoms with Crippen LogP contribution in [0.5, 0.6) is 0 Å². The van der Waals surface area contributed by atoms with Crippen LogP contribution >= 0.6 is 11.6 Å². The highest BCUT2D eigenvalue weighted by Gasteiger charge is 2.37. The van der Waals surface area contributed by atoms with Gasteiger partial charge in [-0.25, -0.2) is 17.6 Å². The minimum Gasteiger partial charge on any atom is -0.399 e. The average Bonchev–Trinajstić information content (AvgIpc) is 2.98. The molecule has 0 atom stereocenters. The molecule has 0 aliphatic heterocycles. The van der Waals surface area contributed by atoms with Crippen molar-refractivity contribution in [2.24, 2.45) is 11.5 Å². The standard InChI is InChI=1S/C15H9F5N2O2.C8H3ClF4O.C7H7FN2O/c16-10-5-4-7(6-8(10)13(21)23)22-14(24)12-9(15(18,19)20)2-1-3-11(12)17;9-7(14)6-4(8(11,12)13)2-1-3-5(6)10;8-6-2-1-4(9)3-5(6)7(10)11/h1-6H,(H2,21,23)(H,22,24);1-3H;1-3H,9H2,(H2,10,11). The molecule has 4 rings (SSSR count). The second-order valence-corrected chi connectivity index (χ2v) is 9.55. The Hall–Kier alpha value is -5.65. The molecule has 4 aromatic carbocycles. The number of carbonyl (C=O) groups is 4. The van der Waals surface area contributed by atoms with Crippen molar-refractivity contribution in [1.29, 1.82) is 0 Å². The molecule has 0 aromatic heterocycles. The molecule has 0 aliphatic carbocycles. The summed E-state index contributed by atoms with van der Waals surface area (Å²) in [6.07, 6.45) is -9.74. The van der Waals surface area contributed by atoms with Crippen molar-refractivity contribution in [3.8, 4) is 0 Å². The van der Waals surface area contributed by atoms with Crippen LogP contribution in [0, 0.1) is 23.3 Å². The zero-order valence-corrected chi connectivity index (χ0v) is 24.7. The number of anilines is 2. The third-order valence-corrected chi connectivity index (χ3v) is 6.00. The van der Waals surface area contributed by atoms with Gasteiger partial charge in [0.2, 0.25) is 0 Å². The molecular weight excluding hydrogens is 706 g/mol. The SMILES string of the molecule is NC(=O)c1cc(N)ccc1F.NC(=O)c1cc(NC(=O)c2c(F)cccc2C(F)(F)F)ccc1F.O=C(Cl)c1c(F)cccc1C(F)(F)F. The van der Waals surface area contributed by atoms with Crippen molar-refractivity contribution >= 4 is 45.9 Å². The number of hydrogen-bond acceptors (Lipinski definition) is 5. The molecule has 0 unspecified atom stereocenters. The van der Waals surface area contributed by atoms with Gasteiger partial charge < -0.3 is 22.5 Å². The number of nitrogen functional groups attached to an aromatic ring is 1. The summed E-state index contributed by atoms with van der Waals surface area (Å²) in [4.78, 5) is 44.1. The predicted molar refractivity (Wildman–Crippen MR) is 155 cm³/mol. The Morgan fingerprint density at radius 2 is 1.02 bits per heavy atom. The summed E-state index contributed by atoms with van der Waals surface area (Å²) in [5, 5.41) is 0.518. The summed E-state index contributed by atoms with van der Waals surface area (Å²) in [6, 6.07) is 10.6. The van der Waals surface area contributed by atoms with Gasteiger partial charge in [0.05, 0.1) is 33.4 Å². The van der Waals surface area contributed by atoms with Crippen LogP contribution in [0.4, 0.5) is 55.3 Å². The summed E-state index contributed by atoms with van der Waals surface area (Å²) in [5.74, 6) is -7.61. The molecule has 260 valence electrons. The predicted octanol–water partition coefficient (Wildman–Crippen LogP) is 7.07. The number of benzene rings is 4. The van der Waals surface area contributed by atoms with Crippen molar-refractivity contribution in [1.82, 2.24) is 0 Å². The van der Waals surface area contributed by atoms with E-state index in [0.717, 1.165) is 42.5 Å². The van der Waals surface area contributed by atoms with E-state index in [1.807, 2.05) is 5.32 Å².